The van der Waals surface area contributed by atoms with E-state index in [9.17, 15) is 0 Å². The van der Waals surface area contributed by atoms with Crippen LogP contribution in [-0.4, -0.2) is 22.8 Å². The minimum absolute atomic E-state index is 0.466. The van der Waals surface area contributed by atoms with E-state index in [4.69, 9.17) is 4.74 Å². The molecule has 0 aliphatic rings. The van der Waals surface area contributed by atoms with Crippen LogP contribution in [0.5, 0.6) is 5.75 Å². The molecule has 1 N–H and O–H groups in total. The first kappa shape index (κ1) is 14.0. The molecule has 0 saturated carbocycles. The van der Waals surface area contributed by atoms with Crippen molar-refractivity contribution in [2.75, 3.05) is 6.61 Å². The molecule has 0 amide bonds. The van der Waals surface area contributed by atoms with Gasteiger partial charge in [-0.2, -0.15) is 0 Å². The molecule has 0 bridgehead atoms. The van der Waals surface area contributed by atoms with E-state index in [0.717, 1.165) is 28.7 Å². The zero-order chi connectivity index (χ0) is 13.5. The van der Waals surface area contributed by atoms with Crippen LogP contribution in [0.2, 0.25) is 0 Å². The Morgan fingerprint density at radius 1 is 1.16 bits per heavy atom. The van der Waals surface area contributed by atoms with E-state index in [0.29, 0.717) is 12.6 Å². The van der Waals surface area contributed by atoms with Gasteiger partial charge in [0.25, 0.3) is 0 Å². The maximum absolute atomic E-state index is 5.64. The van der Waals surface area contributed by atoms with E-state index in [-0.39, 0.29) is 0 Å². The van der Waals surface area contributed by atoms with Crippen molar-refractivity contribution in [3.8, 4) is 5.75 Å². The predicted octanol–water partition coefficient (Wildman–Crippen LogP) is 2.66. The van der Waals surface area contributed by atoms with E-state index in [2.05, 4.69) is 29.4 Å². The highest BCUT2D eigenvalue weighted by Gasteiger charge is 2.05. The van der Waals surface area contributed by atoms with Gasteiger partial charge in [-0.1, -0.05) is 32.0 Å². The lowest BCUT2D eigenvalue weighted by atomic mass is 10.3. The van der Waals surface area contributed by atoms with Gasteiger partial charge in [0.05, 0.1) is 6.61 Å². The van der Waals surface area contributed by atoms with Crippen LogP contribution in [0.1, 0.15) is 23.9 Å². The summed E-state index contributed by atoms with van der Waals surface area (Å²) in [6, 6.07) is 10.3. The number of hydrogen-bond donors (Lipinski definition) is 1. The lowest BCUT2D eigenvalue weighted by Gasteiger charge is -2.04. The second-order valence-electron chi connectivity index (χ2n) is 4.54. The van der Waals surface area contributed by atoms with Crippen molar-refractivity contribution in [3.05, 3.63) is 40.3 Å². The van der Waals surface area contributed by atoms with E-state index < -0.39 is 0 Å². The molecule has 0 spiro atoms. The van der Waals surface area contributed by atoms with Gasteiger partial charge in [-0.05, 0) is 12.1 Å². The topological polar surface area (TPSA) is 47.0 Å². The quantitative estimate of drug-likeness (QED) is 0.845. The number of nitrogens with one attached hydrogen (secondary N) is 1. The van der Waals surface area contributed by atoms with Crippen LogP contribution in [0, 0.1) is 0 Å². The molecule has 0 unspecified atom stereocenters. The van der Waals surface area contributed by atoms with Gasteiger partial charge in [-0.15, -0.1) is 21.5 Å². The number of aromatic nitrogens is 2. The summed E-state index contributed by atoms with van der Waals surface area (Å²) in [6.45, 7) is 5.66. The molecule has 2 aromatic rings. The molecular weight excluding hydrogens is 258 g/mol. The molecule has 4 nitrogen and oxygen atoms in total. The fraction of sp³-hybridized carbons (Fsp3) is 0.429. The number of nitrogens with zero attached hydrogens (tertiary/aromatic N) is 2. The van der Waals surface area contributed by atoms with E-state index >= 15 is 0 Å². The maximum Gasteiger partial charge on any atom is 0.131 e. The molecule has 5 heteroatoms. The molecule has 102 valence electrons. The number of rotatable bonds is 7. The lowest BCUT2D eigenvalue weighted by molar-refractivity contribution is 0.321. The number of benzene rings is 1. The molecule has 0 radical (unpaired) electrons. The average Bonchev–Trinajstić information content (AvgIpc) is 2.86. The summed E-state index contributed by atoms with van der Waals surface area (Å²) in [5, 5.41) is 13.7. The minimum atomic E-state index is 0.466. The molecule has 2 rings (SSSR count). The first-order valence-electron chi connectivity index (χ1n) is 6.46. The molecule has 0 aliphatic heterocycles. The van der Waals surface area contributed by atoms with E-state index in [1.54, 1.807) is 11.3 Å². The predicted molar refractivity (Wildman–Crippen MR) is 77.5 cm³/mol. The van der Waals surface area contributed by atoms with Gasteiger partial charge in [0.15, 0.2) is 0 Å². The Morgan fingerprint density at radius 2 is 1.89 bits per heavy atom. The summed E-state index contributed by atoms with van der Waals surface area (Å²) in [6.07, 6.45) is 0.800. The van der Waals surface area contributed by atoms with Crippen molar-refractivity contribution in [2.24, 2.45) is 0 Å². The highest BCUT2D eigenvalue weighted by molar-refractivity contribution is 7.11. The zero-order valence-electron chi connectivity index (χ0n) is 11.3. The van der Waals surface area contributed by atoms with Gasteiger partial charge in [-0.3, -0.25) is 0 Å². The van der Waals surface area contributed by atoms with Gasteiger partial charge in [0, 0.05) is 19.0 Å². The Balaban J connectivity index is 1.74. The van der Waals surface area contributed by atoms with Crippen molar-refractivity contribution in [1.29, 1.82) is 0 Å². The second kappa shape index (κ2) is 7.21. The lowest BCUT2D eigenvalue weighted by Crippen LogP contribution is -2.21. The Kier molecular flexibility index (Phi) is 5.30. The van der Waals surface area contributed by atoms with E-state index in [1.807, 2.05) is 30.3 Å². The standard InChI is InChI=1S/C14H19N3OS/c1-11(2)15-10-14-17-16-13(19-14)8-9-18-12-6-4-3-5-7-12/h3-7,11,15H,8-10H2,1-2H3. The third-order valence-corrected chi connectivity index (χ3v) is 3.48. The molecule has 0 saturated heterocycles. The summed E-state index contributed by atoms with van der Waals surface area (Å²) in [7, 11) is 0. The third kappa shape index (κ3) is 4.96. The van der Waals surface area contributed by atoms with Gasteiger partial charge in [0.1, 0.15) is 15.8 Å². The largest absolute Gasteiger partial charge is 0.493 e. The summed E-state index contributed by atoms with van der Waals surface area (Å²) in [4.78, 5) is 0. The molecule has 0 atom stereocenters. The molecule has 1 aromatic carbocycles. The van der Waals surface area contributed by atoms with Crippen molar-refractivity contribution >= 4 is 11.3 Å². The van der Waals surface area contributed by atoms with E-state index in [1.165, 1.54) is 0 Å². The fourth-order valence-corrected chi connectivity index (χ4v) is 2.30. The summed E-state index contributed by atoms with van der Waals surface area (Å²) in [5.74, 6) is 0.897. The fourth-order valence-electron chi connectivity index (χ4n) is 1.53. The smallest absolute Gasteiger partial charge is 0.131 e. The number of para-hydroxylation sites is 1. The third-order valence-electron chi connectivity index (χ3n) is 2.50. The Bertz CT molecular complexity index is 484. The number of ether oxygens (including phenoxy) is 1. The molecule has 19 heavy (non-hydrogen) atoms. The van der Waals surface area contributed by atoms with Crippen LogP contribution in [0.25, 0.3) is 0 Å². The SMILES string of the molecule is CC(C)NCc1nnc(CCOc2ccccc2)s1. The Labute approximate surface area is 117 Å². The monoisotopic (exact) mass is 277 g/mol. The van der Waals surface area contributed by atoms with Gasteiger partial charge >= 0.3 is 0 Å². The maximum atomic E-state index is 5.64. The average molecular weight is 277 g/mol. The van der Waals surface area contributed by atoms with Crippen LogP contribution in [0.3, 0.4) is 0 Å². The molecule has 0 fully saturated rings. The van der Waals surface area contributed by atoms with Crippen molar-refractivity contribution in [1.82, 2.24) is 15.5 Å². The summed E-state index contributed by atoms with van der Waals surface area (Å²) in [5.41, 5.74) is 0. The Morgan fingerprint density at radius 3 is 2.63 bits per heavy atom. The summed E-state index contributed by atoms with van der Waals surface area (Å²) >= 11 is 1.65. The Hall–Kier alpha value is -1.46. The molecule has 0 aliphatic carbocycles. The first-order chi connectivity index (χ1) is 9.24. The van der Waals surface area contributed by atoms with Crippen LogP contribution >= 0.6 is 11.3 Å². The van der Waals surface area contributed by atoms with Crippen LogP contribution in [-0.2, 0) is 13.0 Å². The second-order valence-corrected chi connectivity index (χ2v) is 5.68. The number of hydrogen-bond acceptors (Lipinski definition) is 5. The van der Waals surface area contributed by atoms with Gasteiger partial charge in [0.2, 0.25) is 0 Å². The molecule has 1 aromatic heterocycles. The van der Waals surface area contributed by atoms with Crippen LogP contribution in [0.15, 0.2) is 30.3 Å². The van der Waals surface area contributed by atoms with Gasteiger partial charge < -0.3 is 10.1 Å². The minimum Gasteiger partial charge on any atom is -0.493 e. The zero-order valence-corrected chi connectivity index (χ0v) is 12.1. The van der Waals surface area contributed by atoms with Crippen LogP contribution in [0.4, 0.5) is 0 Å². The van der Waals surface area contributed by atoms with Crippen molar-refractivity contribution < 1.29 is 4.74 Å². The highest BCUT2D eigenvalue weighted by atomic mass is 32.1. The first-order valence-corrected chi connectivity index (χ1v) is 7.28. The molecular formula is C14H19N3OS. The van der Waals surface area contributed by atoms with Crippen LogP contribution < -0.4 is 10.1 Å². The van der Waals surface area contributed by atoms with Gasteiger partial charge in [-0.25, -0.2) is 0 Å². The molecule has 1 heterocycles. The normalized spacial score (nSPS) is 10.9. The van der Waals surface area contributed by atoms with Crippen molar-refractivity contribution in [3.63, 3.8) is 0 Å². The highest BCUT2D eigenvalue weighted by Crippen LogP contribution is 2.12. The van der Waals surface area contributed by atoms with Crippen molar-refractivity contribution in [2.45, 2.75) is 32.9 Å². The summed E-state index contributed by atoms with van der Waals surface area (Å²) < 4.78 is 5.64.